The number of rotatable bonds is 5. The Balaban J connectivity index is 1.98. The molecule has 0 aliphatic heterocycles. The smallest absolute Gasteiger partial charge is 0.284 e. The fourth-order valence-electron chi connectivity index (χ4n) is 1.15. The van der Waals surface area contributed by atoms with Gasteiger partial charge < -0.3 is 9.73 Å². The van der Waals surface area contributed by atoms with E-state index in [-0.39, 0.29) is 0 Å². The van der Waals surface area contributed by atoms with E-state index in [4.69, 9.17) is 4.42 Å². The fraction of sp³-hybridized carbons (Fsp3) is 0.400. The highest BCUT2D eigenvalue weighted by atomic mass is 32.2. The van der Waals surface area contributed by atoms with E-state index in [1.165, 1.54) is 11.8 Å². The average molecular weight is 251 g/mol. The third-order valence-corrected chi connectivity index (χ3v) is 2.68. The van der Waals surface area contributed by atoms with Crippen LogP contribution in [-0.4, -0.2) is 26.7 Å². The Kier molecular flexibility index (Phi) is 4.05. The van der Waals surface area contributed by atoms with Gasteiger partial charge in [-0.15, -0.1) is 10.2 Å². The zero-order chi connectivity index (χ0) is 12.1. The van der Waals surface area contributed by atoms with Gasteiger partial charge in [-0.25, -0.2) is 9.97 Å². The van der Waals surface area contributed by atoms with Gasteiger partial charge in [-0.05, 0) is 6.54 Å². The molecule has 17 heavy (non-hydrogen) atoms. The van der Waals surface area contributed by atoms with Gasteiger partial charge in [-0.2, -0.15) is 0 Å². The third kappa shape index (κ3) is 3.50. The lowest BCUT2D eigenvalue weighted by Gasteiger charge is -2.01. The Morgan fingerprint density at radius 1 is 1.29 bits per heavy atom. The molecule has 0 unspecified atom stereocenters. The molecule has 0 saturated heterocycles. The molecule has 0 aliphatic carbocycles. The fourth-order valence-corrected chi connectivity index (χ4v) is 1.76. The maximum absolute atomic E-state index is 5.23. The van der Waals surface area contributed by atoms with Crippen molar-refractivity contribution in [3.05, 3.63) is 23.8 Å². The SMILES string of the molecule is CCNCc1cnc(Sc2nnc(C)o2)nc1. The van der Waals surface area contributed by atoms with Crippen LogP contribution in [-0.2, 0) is 6.54 Å². The molecule has 0 bridgehead atoms. The number of nitrogens with one attached hydrogen (secondary N) is 1. The largest absolute Gasteiger partial charge is 0.416 e. The standard InChI is InChI=1S/C10H13N5OS/c1-3-11-4-8-5-12-9(13-6-8)17-10-15-14-7(2)16-10/h5-6,11H,3-4H2,1-2H3. The van der Waals surface area contributed by atoms with E-state index in [2.05, 4.69) is 32.4 Å². The first-order valence-corrected chi connectivity index (χ1v) is 6.09. The minimum Gasteiger partial charge on any atom is -0.416 e. The summed E-state index contributed by atoms with van der Waals surface area (Å²) in [5.74, 6) is 0.538. The maximum Gasteiger partial charge on any atom is 0.284 e. The Labute approximate surface area is 103 Å². The van der Waals surface area contributed by atoms with E-state index in [0.717, 1.165) is 18.7 Å². The summed E-state index contributed by atoms with van der Waals surface area (Å²) in [6.07, 6.45) is 3.59. The van der Waals surface area contributed by atoms with Gasteiger partial charge in [0.15, 0.2) is 5.16 Å². The zero-order valence-corrected chi connectivity index (χ0v) is 10.5. The van der Waals surface area contributed by atoms with Crippen molar-refractivity contribution >= 4 is 11.8 Å². The second-order valence-electron chi connectivity index (χ2n) is 3.34. The van der Waals surface area contributed by atoms with E-state index in [0.29, 0.717) is 16.3 Å². The van der Waals surface area contributed by atoms with E-state index in [9.17, 15) is 0 Å². The number of hydrogen-bond acceptors (Lipinski definition) is 7. The van der Waals surface area contributed by atoms with Crippen molar-refractivity contribution in [2.45, 2.75) is 30.8 Å². The lowest BCUT2D eigenvalue weighted by Crippen LogP contribution is -2.12. The average Bonchev–Trinajstić information content (AvgIpc) is 2.74. The Morgan fingerprint density at radius 2 is 2.06 bits per heavy atom. The topological polar surface area (TPSA) is 76.7 Å². The van der Waals surface area contributed by atoms with Crippen LogP contribution in [0.15, 0.2) is 27.2 Å². The number of hydrogen-bond donors (Lipinski definition) is 1. The molecule has 2 aromatic rings. The van der Waals surface area contributed by atoms with Gasteiger partial charge in [0.05, 0.1) is 0 Å². The normalized spacial score (nSPS) is 10.7. The summed E-state index contributed by atoms with van der Waals surface area (Å²) in [7, 11) is 0. The summed E-state index contributed by atoms with van der Waals surface area (Å²) < 4.78 is 5.23. The van der Waals surface area contributed by atoms with E-state index in [1.54, 1.807) is 19.3 Å². The first kappa shape index (κ1) is 12.0. The summed E-state index contributed by atoms with van der Waals surface area (Å²) in [4.78, 5) is 8.44. The lowest BCUT2D eigenvalue weighted by molar-refractivity contribution is 0.429. The molecule has 0 radical (unpaired) electrons. The molecule has 90 valence electrons. The molecular formula is C10H13N5OS. The van der Waals surface area contributed by atoms with Crippen LogP contribution in [0.5, 0.6) is 0 Å². The van der Waals surface area contributed by atoms with Crippen molar-refractivity contribution in [3.8, 4) is 0 Å². The van der Waals surface area contributed by atoms with Gasteiger partial charge in [-0.3, -0.25) is 0 Å². The molecule has 7 heteroatoms. The van der Waals surface area contributed by atoms with E-state index in [1.807, 2.05) is 0 Å². The molecule has 1 N–H and O–H groups in total. The number of aromatic nitrogens is 4. The Bertz CT molecular complexity index is 470. The highest BCUT2D eigenvalue weighted by Gasteiger charge is 2.07. The molecule has 0 atom stereocenters. The number of aryl methyl sites for hydroxylation is 1. The molecular weight excluding hydrogens is 238 g/mol. The highest BCUT2D eigenvalue weighted by molar-refractivity contribution is 7.98. The van der Waals surface area contributed by atoms with Crippen LogP contribution >= 0.6 is 11.8 Å². The molecule has 0 fully saturated rings. The van der Waals surface area contributed by atoms with Crippen LogP contribution in [0.4, 0.5) is 0 Å². The monoisotopic (exact) mass is 251 g/mol. The van der Waals surface area contributed by atoms with Crippen molar-refractivity contribution < 1.29 is 4.42 Å². The van der Waals surface area contributed by atoms with Crippen molar-refractivity contribution in [2.24, 2.45) is 0 Å². The Hall–Kier alpha value is -1.47. The maximum atomic E-state index is 5.23. The predicted octanol–water partition coefficient (Wildman–Crippen LogP) is 1.43. The number of nitrogens with zero attached hydrogens (tertiary/aromatic N) is 4. The second kappa shape index (κ2) is 5.74. The Morgan fingerprint density at radius 3 is 2.65 bits per heavy atom. The van der Waals surface area contributed by atoms with Crippen LogP contribution in [0.2, 0.25) is 0 Å². The van der Waals surface area contributed by atoms with Crippen molar-refractivity contribution in [1.29, 1.82) is 0 Å². The van der Waals surface area contributed by atoms with Crippen molar-refractivity contribution in [2.75, 3.05) is 6.54 Å². The van der Waals surface area contributed by atoms with Crippen LogP contribution in [0.3, 0.4) is 0 Å². The predicted molar refractivity (Wildman–Crippen MR) is 62.6 cm³/mol. The highest BCUT2D eigenvalue weighted by Crippen LogP contribution is 2.22. The van der Waals surface area contributed by atoms with Crippen LogP contribution in [0, 0.1) is 6.92 Å². The van der Waals surface area contributed by atoms with Crippen molar-refractivity contribution in [1.82, 2.24) is 25.5 Å². The molecule has 0 aliphatic rings. The molecule has 0 amide bonds. The van der Waals surface area contributed by atoms with Crippen LogP contribution in [0.1, 0.15) is 18.4 Å². The molecule has 0 saturated carbocycles. The molecule has 2 aromatic heterocycles. The second-order valence-corrected chi connectivity index (χ2v) is 4.26. The first-order chi connectivity index (χ1) is 8.28. The van der Waals surface area contributed by atoms with Gasteiger partial charge in [0.1, 0.15) is 0 Å². The molecule has 0 spiro atoms. The minimum absolute atomic E-state index is 0.460. The van der Waals surface area contributed by atoms with Gasteiger partial charge >= 0.3 is 0 Å². The zero-order valence-electron chi connectivity index (χ0n) is 9.67. The summed E-state index contributed by atoms with van der Waals surface area (Å²) in [5, 5.41) is 11.9. The summed E-state index contributed by atoms with van der Waals surface area (Å²) in [6, 6.07) is 0. The van der Waals surface area contributed by atoms with Crippen LogP contribution < -0.4 is 5.32 Å². The third-order valence-electron chi connectivity index (χ3n) is 1.95. The molecule has 2 rings (SSSR count). The first-order valence-electron chi connectivity index (χ1n) is 5.27. The minimum atomic E-state index is 0.460. The molecule has 0 aromatic carbocycles. The molecule has 2 heterocycles. The van der Waals surface area contributed by atoms with Gasteiger partial charge in [0.2, 0.25) is 5.89 Å². The lowest BCUT2D eigenvalue weighted by atomic mass is 10.3. The summed E-state index contributed by atoms with van der Waals surface area (Å²) >= 11 is 1.26. The quantitative estimate of drug-likeness (QED) is 0.805. The van der Waals surface area contributed by atoms with Gasteiger partial charge in [0, 0.05) is 43.2 Å². The van der Waals surface area contributed by atoms with E-state index >= 15 is 0 Å². The van der Waals surface area contributed by atoms with E-state index < -0.39 is 0 Å². The van der Waals surface area contributed by atoms with Crippen molar-refractivity contribution in [3.63, 3.8) is 0 Å². The molecule has 6 nitrogen and oxygen atoms in total. The summed E-state index contributed by atoms with van der Waals surface area (Å²) in [5.41, 5.74) is 1.05. The van der Waals surface area contributed by atoms with Crippen LogP contribution in [0.25, 0.3) is 0 Å². The summed E-state index contributed by atoms with van der Waals surface area (Å²) in [6.45, 7) is 5.51. The van der Waals surface area contributed by atoms with Gasteiger partial charge in [0.25, 0.3) is 5.22 Å². The van der Waals surface area contributed by atoms with Gasteiger partial charge in [-0.1, -0.05) is 6.92 Å².